The van der Waals surface area contributed by atoms with Crippen LogP contribution in [0.4, 0.5) is 5.69 Å². The molecule has 4 bridgehead atoms. The fraction of sp³-hybridized carbons (Fsp3) is 0.567. The number of carbonyl (C=O) groups excluding carboxylic acids is 2. The quantitative estimate of drug-likeness (QED) is 0.478. The number of rotatable bonds is 9. The SMILES string of the molecule is CCC(CC)(CNC(=O)C(N)C1C2CC3CC1CC(C(=O)Nc1ccncc1)(C3)C2)c1ccccc1. The summed E-state index contributed by atoms with van der Waals surface area (Å²) < 4.78 is 0. The molecule has 3 unspecified atom stereocenters. The molecule has 4 aliphatic carbocycles. The van der Waals surface area contributed by atoms with Crippen LogP contribution in [-0.2, 0) is 15.0 Å². The van der Waals surface area contributed by atoms with E-state index in [0.717, 1.165) is 50.6 Å². The van der Waals surface area contributed by atoms with Gasteiger partial charge in [0.1, 0.15) is 0 Å². The van der Waals surface area contributed by atoms with Gasteiger partial charge in [0.05, 0.1) is 11.5 Å². The lowest BCUT2D eigenvalue weighted by atomic mass is 9.45. The van der Waals surface area contributed by atoms with Gasteiger partial charge in [-0.05, 0) is 86.3 Å². The van der Waals surface area contributed by atoms with Gasteiger partial charge in [-0.25, -0.2) is 0 Å². The first kappa shape index (κ1) is 24.9. The van der Waals surface area contributed by atoms with Crippen LogP contribution >= 0.6 is 0 Å². The van der Waals surface area contributed by atoms with E-state index in [4.69, 9.17) is 5.73 Å². The largest absolute Gasteiger partial charge is 0.354 e. The Labute approximate surface area is 214 Å². The Kier molecular flexibility index (Phi) is 6.90. The molecule has 6 rings (SSSR count). The summed E-state index contributed by atoms with van der Waals surface area (Å²) in [7, 11) is 0. The molecule has 0 spiro atoms. The smallest absolute Gasteiger partial charge is 0.237 e. The number of nitrogens with two attached hydrogens (primary N) is 1. The van der Waals surface area contributed by atoms with Crippen molar-refractivity contribution in [3.8, 4) is 0 Å². The van der Waals surface area contributed by atoms with Gasteiger partial charge in [0.2, 0.25) is 11.8 Å². The van der Waals surface area contributed by atoms with Gasteiger partial charge in [0.25, 0.3) is 0 Å². The van der Waals surface area contributed by atoms with Crippen LogP contribution in [0.15, 0.2) is 54.9 Å². The third kappa shape index (κ3) is 4.45. The number of amides is 2. The van der Waals surface area contributed by atoms with Crippen molar-refractivity contribution in [2.75, 3.05) is 11.9 Å². The van der Waals surface area contributed by atoms with E-state index >= 15 is 0 Å². The molecule has 1 aromatic heterocycles. The van der Waals surface area contributed by atoms with E-state index < -0.39 is 6.04 Å². The molecule has 0 radical (unpaired) electrons. The second-order valence-corrected chi connectivity index (χ2v) is 11.6. The predicted octanol–water partition coefficient (Wildman–Crippen LogP) is 4.66. The van der Waals surface area contributed by atoms with E-state index in [9.17, 15) is 9.59 Å². The second-order valence-electron chi connectivity index (χ2n) is 11.6. The molecule has 3 atom stereocenters. The average molecular weight is 489 g/mol. The summed E-state index contributed by atoms with van der Waals surface area (Å²) in [6, 6.07) is 13.6. The highest BCUT2D eigenvalue weighted by molar-refractivity contribution is 5.95. The van der Waals surface area contributed by atoms with Crippen LogP contribution in [0, 0.1) is 29.1 Å². The summed E-state index contributed by atoms with van der Waals surface area (Å²) in [4.78, 5) is 30.9. The number of hydrogen-bond donors (Lipinski definition) is 3. The zero-order valence-corrected chi connectivity index (χ0v) is 21.6. The second kappa shape index (κ2) is 9.97. The molecule has 1 heterocycles. The number of pyridine rings is 1. The van der Waals surface area contributed by atoms with Gasteiger partial charge in [-0.2, -0.15) is 0 Å². The number of hydrogen-bond acceptors (Lipinski definition) is 4. The van der Waals surface area contributed by atoms with Crippen LogP contribution < -0.4 is 16.4 Å². The number of benzene rings is 1. The van der Waals surface area contributed by atoms with Gasteiger partial charge in [-0.15, -0.1) is 0 Å². The van der Waals surface area contributed by atoms with Crippen LogP contribution in [0.5, 0.6) is 0 Å². The Hall–Kier alpha value is -2.73. The summed E-state index contributed by atoms with van der Waals surface area (Å²) in [6.45, 7) is 4.98. The Balaban J connectivity index is 1.26. The van der Waals surface area contributed by atoms with Crippen LogP contribution in [0.2, 0.25) is 0 Å². The van der Waals surface area contributed by atoms with Crippen molar-refractivity contribution in [2.45, 2.75) is 70.3 Å². The highest BCUT2D eigenvalue weighted by atomic mass is 16.2. The molecule has 2 amide bonds. The molecule has 0 saturated heterocycles. The molecule has 2 aromatic rings. The van der Waals surface area contributed by atoms with Crippen LogP contribution in [-0.4, -0.2) is 29.4 Å². The fourth-order valence-electron chi connectivity index (χ4n) is 7.98. The number of nitrogens with zero attached hydrogens (tertiary/aromatic N) is 1. The Bertz CT molecular complexity index is 1050. The average Bonchev–Trinajstić information content (AvgIpc) is 2.90. The molecule has 36 heavy (non-hydrogen) atoms. The highest BCUT2D eigenvalue weighted by Crippen LogP contribution is 2.63. The predicted molar refractivity (Wildman–Crippen MR) is 142 cm³/mol. The first-order valence-corrected chi connectivity index (χ1v) is 13.7. The minimum absolute atomic E-state index is 0.0371. The summed E-state index contributed by atoms with van der Waals surface area (Å²) in [5, 5.41) is 6.39. The summed E-state index contributed by atoms with van der Waals surface area (Å²) in [6.07, 6.45) is 10.1. The maximum Gasteiger partial charge on any atom is 0.237 e. The van der Waals surface area contributed by atoms with Crippen molar-refractivity contribution in [1.29, 1.82) is 0 Å². The monoisotopic (exact) mass is 488 g/mol. The maximum atomic E-state index is 13.4. The van der Waals surface area contributed by atoms with Gasteiger partial charge >= 0.3 is 0 Å². The van der Waals surface area contributed by atoms with E-state index in [1.165, 1.54) is 5.56 Å². The lowest BCUT2D eigenvalue weighted by Crippen LogP contribution is -2.61. The summed E-state index contributed by atoms with van der Waals surface area (Å²) in [5.74, 6) is 1.46. The number of nitrogens with one attached hydrogen (secondary N) is 2. The van der Waals surface area contributed by atoms with Crippen molar-refractivity contribution < 1.29 is 9.59 Å². The van der Waals surface area contributed by atoms with E-state index in [1.54, 1.807) is 12.4 Å². The van der Waals surface area contributed by atoms with Crippen molar-refractivity contribution in [2.24, 2.45) is 34.8 Å². The molecule has 4 aliphatic rings. The third-order valence-electron chi connectivity index (χ3n) is 9.82. The molecule has 0 aliphatic heterocycles. The van der Waals surface area contributed by atoms with E-state index in [1.807, 2.05) is 18.2 Å². The lowest BCUT2D eigenvalue weighted by molar-refractivity contribution is -0.151. The molecule has 4 N–H and O–H groups in total. The third-order valence-corrected chi connectivity index (χ3v) is 9.82. The topological polar surface area (TPSA) is 97.1 Å². The minimum Gasteiger partial charge on any atom is -0.354 e. The zero-order valence-electron chi connectivity index (χ0n) is 21.6. The standard InChI is InChI=1S/C30H40N4O2/c1-3-29(4-2,23-8-6-5-7-9-23)19-33-27(35)26(31)25-21-14-20-15-22(25)18-30(16-20,17-21)28(36)34-24-10-12-32-13-11-24/h5-13,20-22,25-26H,3-4,14-19,31H2,1-2H3,(H,33,35)(H,32,34,36). The van der Waals surface area contributed by atoms with Crippen LogP contribution in [0.25, 0.3) is 0 Å². The van der Waals surface area contributed by atoms with E-state index in [0.29, 0.717) is 24.3 Å². The molecule has 6 heteroatoms. The zero-order chi connectivity index (χ0) is 25.3. The highest BCUT2D eigenvalue weighted by Gasteiger charge is 2.60. The molecule has 6 nitrogen and oxygen atoms in total. The number of anilines is 1. The van der Waals surface area contributed by atoms with Crippen molar-refractivity contribution in [3.05, 3.63) is 60.4 Å². The van der Waals surface area contributed by atoms with Crippen LogP contribution in [0.3, 0.4) is 0 Å². The maximum absolute atomic E-state index is 13.4. The van der Waals surface area contributed by atoms with Crippen molar-refractivity contribution in [3.63, 3.8) is 0 Å². The molecule has 4 fully saturated rings. The molecule has 192 valence electrons. The molecule has 1 aromatic carbocycles. The molecule has 4 saturated carbocycles. The molecular formula is C30H40N4O2. The van der Waals surface area contributed by atoms with E-state index in [2.05, 4.69) is 53.7 Å². The van der Waals surface area contributed by atoms with Gasteiger partial charge in [-0.1, -0.05) is 44.2 Å². The van der Waals surface area contributed by atoms with Gasteiger partial charge < -0.3 is 16.4 Å². The minimum atomic E-state index is -0.525. The van der Waals surface area contributed by atoms with Crippen LogP contribution in [0.1, 0.15) is 64.4 Å². The number of carbonyl (C=O) groups is 2. The Morgan fingerprint density at radius 3 is 2.28 bits per heavy atom. The Morgan fingerprint density at radius 1 is 1.03 bits per heavy atom. The first-order chi connectivity index (χ1) is 17.4. The normalized spacial score (nSPS) is 29.5. The molecular weight excluding hydrogens is 448 g/mol. The first-order valence-electron chi connectivity index (χ1n) is 13.7. The van der Waals surface area contributed by atoms with Gasteiger partial charge in [0.15, 0.2) is 0 Å². The summed E-state index contributed by atoms with van der Waals surface area (Å²) >= 11 is 0. The van der Waals surface area contributed by atoms with Gasteiger partial charge in [0, 0.05) is 30.0 Å². The lowest BCUT2D eigenvalue weighted by Gasteiger charge is -2.60. The Morgan fingerprint density at radius 2 is 1.67 bits per heavy atom. The van der Waals surface area contributed by atoms with Gasteiger partial charge in [-0.3, -0.25) is 14.6 Å². The fourth-order valence-corrected chi connectivity index (χ4v) is 7.98. The van der Waals surface area contributed by atoms with Crippen molar-refractivity contribution >= 4 is 17.5 Å². The number of aromatic nitrogens is 1. The summed E-state index contributed by atoms with van der Waals surface area (Å²) in [5.41, 5.74) is 8.36. The van der Waals surface area contributed by atoms with E-state index in [-0.39, 0.29) is 28.6 Å². The van der Waals surface area contributed by atoms with Crippen molar-refractivity contribution in [1.82, 2.24) is 10.3 Å².